The van der Waals surface area contributed by atoms with Gasteiger partial charge in [-0.15, -0.1) is 0 Å². The highest BCUT2D eigenvalue weighted by Gasteiger charge is 2.22. The molecule has 0 aliphatic carbocycles. The second-order valence-corrected chi connectivity index (χ2v) is 8.68. The lowest BCUT2D eigenvalue weighted by Gasteiger charge is -2.14. The molecule has 0 N–H and O–H groups in total. The van der Waals surface area contributed by atoms with E-state index in [1.54, 1.807) is 0 Å². The average molecular weight is 360 g/mol. The quantitative estimate of drug-likeness (QED) is 0.628. The van der Waals surface area contributed by atoms with Gasteiger partial charge < -0.3 is 0 Å². The first kappa shape index (κ1) is 8.92. The highest BCUT2D eigenvalue weighted by atomic mass is 79.9. The van der Waals surface area contributed by atoms with E-state index in [2.05, 4.69) is 63.7 Å². The van der Waals surface area contributed by atoms with E-state index >= 15 is 0 Å². The third-order valence-corrected chi connectivity index (χ3v) is 5.59. The molecule has 0 radical (unpaired) electrons. The molecule has 0 bridgehead atoms. The Morgan fingerprint density at radius 2 is 1.43 bits per heavy atom. The average Bonchev–Trinajstić information content (AvgIpc) is 1.31. The fraction of sp³-hybridized carbons (Fsp3) is 1.00. The van der Waals surface area contributed by atoms with Crippen molar-refractivity contribution in [3.8, 4) is 0 Å². The Labute approximate surface area is 76.9 Å². The Morgan fingerprint density at radius 1 is 1.29 bits per heavy atom. The predicted octanol–water partition coefficient (Wildman–Crippen LogP) is 3.61. The SMILES string of the molecule is CC(Br)(Br)C(Br)Br. The Kier molecular flexibility index (Phi) is 4.05. The number of rotatable bonds is 1. The zero-order valence-corrected chi connectivity index (χ0v) is 9.93. The number of halogens is 4. The largest absolute Gasteiger partial charge is 0.0999 e. The van der Waals surface area contributed by atoms with E-state index in [0.29, 0.717) is 0 Å². The lowest BCUT2D eigenvalue weighted by molar-refractivity contribution is 1.07. The van der Waals surface area contributed by atoms with Crippen LogP contribution < -0.4 is 0 Å². The molecule has 0 amide bonds. The molecule has 0 saturated carbocycles. The topological polar surface area (TPSA) is 0 Å². The van der Waals surface area contributed by atoms with Crippen LogP contribution in [0.2, 0.25) is 0 Å². The van der Waals surface area contributed by atoms with Crippen molar-refractivity contribution >= 4 is 63.7 Å². The molecule has 0 heterocycles. The monoisotopic (exact) mass is 356 g/mol. The van der Waals surface area contributed by atoms with Gasteiger partial charge >= 0.3 is 0 Å². The van der Waals surface area contributed by atoms with Crippen molar-refractivity contribution in [2.45, 2.75) is 13.9 Å². The van der Waals surface area contributed by atoms with Gasteiger partial charge in [-0.1, -0.05) is 63.7 Å². The summed E-state index contributed by atoms with van der Waals surface area (Å²) >= 11 is 13.4. The standard InChI is InChI=1S/C3H4Br4/c1-3(6,7)2(4)5/h2H,1H3. The third kappa shape index (κ3) is 4.43. The smallest absolute Gasteiger partial charge is 0.0740 e. The van der Waals surface area contributed by atoms with Crippen molar-refractivity contribution in [1.82, 2.24) is 0 Å². The Balaban J connectivity index is 3.54. The molecule has 0 aromatic carbocycles. The van der Waals surface area contributed by atoms with E-state index in [0.717, 1.165) is 0 Å². The van der Waals surface area contributed by atoms with Gasteiger partial charge in [0.15, 0.2) is 0 Å². The van der Waals surface area contributed by atoms with Crippen molar-refractivity contribution < 1.29 is 0 Å². The molecule has 0 nitrogen and oxygen atoms in total. The molecule has 0 aliphatic rings. The summed E-state index contributed by atoms with van der Waals surface area (Å²) in [5, 5.41) is 0. The number of alkyl halides is 4. The van der Waals surface area contributed by atoms with Crippen LogP contribution >= 0.6 is 63.7 Å². The van der Waals surface area contributed by atoms with E-state index in [4.69, 9.17) is 0 Å². The highest BCUT2D eigenvalue weighted by molar-refractivity contribution is 9.30. The van der Waals surface area contributed by atoms with Gasteiger partial charge in [-0.2, -0.15) is 0 Å². The van der Waals surface area contributed by atoms with Gasteiger partial charge in [0.1, 0.15) is 0 Å². The van der Waals surface area contributed by atoms with Gasteiger partial charge in [0.05, 0.1) is 6.97 Å². The van der Waals surface area contributed by atoms with Crippen LogP contribution in [0.15, 0.2) is 0 Å². The summed E-state index contributed by atoms with van der Waals surface area (Å²) in [5.74, 6) is 0. The summed E-state index contributed by atoms with van der Waals surface area (Å²) in [6.07, 6.45) is 0. The number of hydrogen-bond acceptors (Lipinski definition) is 0. The first-order chi connectivity index (χ1) is 2.94. The van der Waals surface area contributed by atoms with Gasteiger partial charge in [0, 0.05) is 0 Å². The fourth-order valence-electron chi connectivity index (χ4n) is 0. The minimum atomic E-state index is -0.0417. The minimum absolute atomic E-state index is 0.0417. The van der Waals surface area contributed by atoms with Gasteiger partial charge in [0.25, 0.3) is 0 Å². The van der Waals surface area contributed by atoms with Crippen LogP contribution in [-0.4, -0.2) is 6.97 Å². The second kappa shape index (κ2) is 3.18. The Bertz CT molecular complexity index is 52.4. The molecule has 0 aliphatic heterocycles. The normalized spacial score (nSPS) is 12.9. The van der Waals surface area contributed by atoms with Crippen LogP contribution in [0.1, 0.15) is 6.92 Å². The van der Waals surface area contributed by atoms with Crippen LogP contribution in [0.3, 0.4) is 0 Å². The lowest BCUT2D eigenvalue weighted by atomic mass is 10.6. The van der Waals surface area contributed by atoms with Crippen LogP contribution in [-0.2, 0) is 0 Å². The fourth-order valence-corrected chi connectivity index (χ4v) is 0. The van der Waals surface area contributed by atoms with Crippen molar-refractivity contribution in [2.24, 2.45) is 0 Å². The van der Waals surface area contributed by atoms with Gasteiger partial charge in [-0.3, -0.25) is 0 Å². The minimum Gasteiger partial charge on any atom is -0.0740 e. The Hall–Kier alpha value is 1.92. The molecule has 0 unspecified atom stereocenters. The molecule has 0 rings (SSSR count). The molecule has 44 valence electrons. The van der Waals surface area contributed by atoms with Crippen molar-refractivity contribution in [3.63, 3.8) is 0 Å². The maximum Gasteiger partial charge on any atom is 0.0999 e. The summed E-state index contributed by atoms with van der Waals surface area (Å²) in [6, 6.07) is 0. The van der Waals surface area contributed by atoms with E-state index in [-0.39, 0.29) is 6.97 Å². The molecule has 7 heavy (non-hydrogen) atoms. The van der Waals surface area contributed by atoms with Crippen LogP contribution in [0.4, 0.5) is 0 Å². The summed E-state index contributed by atoms with van der Waals surface area (Å²) in [6.45, 7) is 2.00. The predicted molar refractivity (Wildman–Crippen MR) is 47.9 cm³/mol. The van der Waals surface area contributed by atoms with E-state index < -0.39 is 0 Å². The molecule has 0 spiro atoms. The lowest BCUT2D eigenvalue weighted by Crippen LogP contribution is -2.12. The third-order valence-electron chi connectivity index (χ3n) is 0.383. The van der Waals surface area contributed by atoms with Crippen LogP contribution in [0, 0.1) is 0 Å². The first-order valence-corrected chi connectivity index (χ1v) is 5.02. The van der Waals surface area contributed by atoms with Crippen molar-refractivity contribution in [1.29, 1.82) is 0 Å². The van der Waals surface area contributed by atoms with Gasteiger partial charge in [0.2, 0.25) is 0 Å². The summed E-state index contributed by atoms with van der Waals surface area (Å²) < 4.78 is 0.215. The van der Waals surface area contributed by atoms with Crippen molar-refractivity contribution in [3.05, 3.63) is 0 Å². The highest BCUT2D eigenvalue weighted by Crippen LogP contribution is 2.37. The van der Waals surface area contributed by atoms with E-state index in [1.165, 1.54) is 0 Å². The van der Waals surface area contributed by atoms with Gasteiger partial charge in [-0.25, -0.2) is 0 Å². The molecule has 0 aromatic heterocycles. The van der Waals surface area contributed by atoms with Gasteiger partial charge in [-0.05, 0) is 6.92 Å². The summed E-state index contributed by atoms with van der Waals surface area (Å²) in [5.41, 5.74) is 0. The van der Waals surface area contributed by atoms with E-state index in [1.807, 2.05) is 6.92 Å². The maximum atomic E-state index is 3.37. The molecular formula is C3H4Br4. The summed E-state index contributed by atoms with van der Waals surface area (Å²) in [4.78, 5) is 0. The van der Waals surface area contributed by atoms with Crippen molar-refractivity contribution in [2.75, 3.05) is 0 Å². The molecule has 0 atom stereocenters. The zero-order valence-electron chi connectivity index (χ0n) is 3.59. The molecule has 0 saturated heterocycles. The Morgan fingerprint density at radius 3 is 1.43 bits per heavy atom. The first-order valence-electron chi connectivity index (χ1n) is 1.60. The molecule has 4 heteroatoms. The zero-order chi connectivity index (χ0) is 6.08. The maximum absolute atomic E-state index is 3.37. The molecule has 0 fully saturated rings. The molecular weight excluding hydrogens is 356 g/mol. The molecule has 0 aromatic rings. The number of hydrogen-bond donors (Lipinski definition) is 0. The van der Waals surface area contributed by atoms with Crippen LogP contribution in [0.5, 0.6) is 0 Å². The second-order valence-electron chi connectivity index (χ2n) is 1.26. The van der Waals surface area contributed by atoms with Crippen LogP contribution in [0.25, 0.3) is 0 Å². The van der Waals surface area contributed by atoms with E-state index in [9.17, 15) is 0 Å². The summed E-state index contributed by atoms with van der Waals surface area (Å²) in [7, 11) is 0.